The number of aryl methyl sites for hydroxylation is 1. The smallest absolute Gasteiger partial charge is 0.338 e. The minimum absolute atomic E-state index is 0.0778. The van der Waals surface area contributed by atoms with Crippen LogP contribution in [0.1, 0.15) is 73.4 Å². The molecule has 1 heterocycles. The van der Waals surface area contributed by atoms with Gasteiger partial charge in [-0.15, -0.1) is 0 Å². The minimum Gasteiger partial charge on any atom is -0.478 e. The van der Waals surface area contributed by atoms with Gasteiger partial charge in [0.2, 0.25) is 0 Å². The molecule has 0 saturated carbocycles. The Morgan fingerprint density at radius 1 is 1.03 bits per heavy atom. The van der Waals surface area contributed by atoms with E-state index in [1.165, 1.54) is 19.3 Å². The van der Waals surface area contributed by atoms with E-state index in [1.54, 1.807) is 30.3 Å². The molecule has 8 heteroatoms. The summed E-state index contributed by atoms with van der Waals surface area (Å²) < 4.78 is 29.4. The van der Waals surface area contributed by atoms with Crippen LogP contribution in [0, 0.1) is 0 Å². The number of carboxylic acids is 1. The summed E-state index contributed by atoms with van der Waals surface area (Å²) in [5.41, 5.74) is 2.50. The summed E-state index contributed by atoms with van der Waals surface area (Å²) in [7, 11) is -3.99. The summed E-state index contributed by atoms with van der Waals surface area (Å²) in [6.45, 7) is 5.05. The molecule has 1 saturated heterocycles. The van der Waals surface area contributed by atoms with Gasteiger partial charge in [-0.05, 0) is 87.7 Å². The van der Waals surface area contributed by atoms with E-state index in [0.717, 1.165) is 56.3 Å². The van der Waals surface area contributed by atoms with Crippen LogP contribution in [0.4, 0.5) is 11.4 Å². The molecule has 0 radical (unpaired) electrons. The van der Waals surface area contributed by atoms with Gasteiger partial charge in [0.15, 0.2) is 0 Å². The first-order chi connectivity index (χ1) is 16.9. The Hall–Kier alpha value is -2.58. The third-order valence-electron chi connectivity index (χ3n) is 7.30. The van der Waals surface area contributed by atoms with Gasteiger partial charge in [0, 0.05) is 19.1 Å². The van der Waals surface area contributed by atoms with Crippen LogP contribution in [0.3, 0.4) is 0 Å². The lowest BCUT2D eigenvalue weighted by Crippen LogP contribution is -2.38. The molecule has 1 aliphatic heterocycles. The molecule has 1 fully saturated rings. The molecular weight excluding hydrogens is 462 g/mol. The minimum atomic E-state index is -3.99. The lowest BCUT2D eigenvalue weighted by Gasteiger charge is -2.33. The lowest BCUT2D eigenvalue weighted by molar-refractivity contribution is 0.0696. The molecule has 0 bridgehead atoms. The molecule has 1 unspecified atom stereocenters. The van der Waals surface area contributed by atoms with Crippen LogP contribution in [-0.2, 0) is 22.9 Å². The van der Waals surface area contributed by atoms with E-state index < -0.39 is 16.0 Å². The van der Waals surface area contributed by atoms with Crippen LogP contribution >= 0.6 is 0 Å². The van der Waals surface area contributed by atoms with Crippen LogP contribution in [0.25, 0.3) is 0 Å². The van der Waals surface area contributed by atoms with E-state index in [2.05, 4.69) is 21.9 Å². The van der Waals surface area contributed by atoms with Crippen molar-refractivity contribution in [3.63, 3.8) is 0 Å². The predicted octanol–water partition coefficient (Wildman–Crippen LogP) is 5.13. The fraction of sp³-hybridized carbons (Fsp3) is 0.519. The molecule has 7 nitrogen and oxygen atoms in total. The molecule has 0 spiro atoms. The zero-order valence-electron chi connectivity index (χ0n) is 20.6. The summed E-state index contributed by atoms with van der Waals surface area (Å²) in [4.78, 5) is 14.8. The monoisotopic (exact) mass is 499 g/mol. The standard InChI is InChI=1S/C27H37N3O4S/c1-20-10-7-8-18-30(20)19-9-17-28-23-13-5-6-14-25(23)35(33,34)29-24-16-15-21-11-3-2-4-12-22(21)26(24)27(31)32/h5-6,13-16,20,28-29H,2-4,7-12,17-19H2,1H3,(H,31,32). The summed E-state index contributed by atoms with van der Waals surface area (Å²) in [6, 6.07) is 10.9. The number of para-hydroxylation sites is 1. The Morgan fingerprint density at radius 2 is 1.83 bits per heavy atom. The average molecular weight is 500 g/mol. The van der Waals surface area contributed by atoms with Crippen molar-refractivity contribution in [1.82, 2.24) is 4.90 Å². The number of piperidine rings is 1. The topological polar surface area (TPSA) is 98.7 Å². The van der Waals surface area contributed by atoms with Gasteiger partial charge < -0.3 is 15.3 Å². The normalized spacial score (nSPS) is 18.9. The van der Waals surface area contributed by atoms with Crippen molar-refractivity contribution in [3.05, 3.63) is 53.1 Å². The molecule has 35 heavy (non-hydrogen) atoms. The Morgan fingerprint density at radius 3 is 2.63 bits per heavy atom. The van der Waals surface area contributed by atoms with Crippen LogP contribution < -0.4 is 10.0 Å². The van der Waals surface area contributed by atoms with Gasteiger partial charge >= 0.3 is 5.97 Å². The highest BCUT2D eigenvalue weighted by atomic mass is 32.2. The van der Waals surface area contributed by atoms with Gasteiger partial charge in [-0.2, -0.15) is 0 Å². The van der Waals surface area contributed by atoms with Gasteiger partial charge in [0.1, 0.15) is 4.90 Å². The van der Waals surface area contributed by atoms with Gasteiger partial charge in [-0.25, -0.2) is 13.2 Å². The Bertz CT molecular complexity index is 1150. The fourth-order valence-electron chi connectivity index (χ4n) is 5.38. The summed E-state index contributed by atoms with van der Waals surface area (Å²) in [5.74, 6) is -1.10. The molecule has 3 N–H and O–H groups in total. The number of aromatic carboxylic acids is 1. The highest BCUT2D eigenvalue weighted by Gasteiger charge is 2.25. The number of nitrogens with one attached hydrogen (secondary N) is 2. The molecule has 2 aromatic rings. The maximum atomic E-state index is 13.4. The third kappa shape index (κ3) is 6.16. The Labute approximate surface area is 209 Å². The SMILES string of the molecule is CC1CCCCN1CCCNc1ccccc1S(=O)(=O)Nc1ccc2c(c1C(=O)O)CCCCC2. The molecule has 2 aliphatic rings. The third-order valence-corrected chi connectivity index (χ3v) is 8.72. The number of benzene rings is 2. The van der Waals surface area contributed by atoms with Crippen molar-refractivity contribution in [2.45, 2.75) is 75.6 Å². The Kier molecular flexibility index (Phi) is 8.34. The van der Waals surface area contributed by atoms with Crippen LogP contribution in [-0.4, -0.2) is 50.1 Å². The average Bonchev–Trinajstić information content (AvgIpc) is 3.08. The second-order valence-electron chi connectivity index (χ2n) is 9.75. The van der Waals surface area contributed by atoms with E-state index in [0.29, 0.717) is 24.7 Å². The number of sulfonamides is 1. The van der Waals surface area contributed by atoms with E-state index in [1.807, 2.05) is 6.07 Å². The highest BCUT2D eigenvalue weighted by molar-refractivity contribution is 7.92. The van der Waals surface area contributed by atoms with Crippen LogP contribution in [0.5, 0.6) is 0 Å². The number of anilines is 2. The highest BCUT2D eigenvalue weighted by Crippen LogP contribution is 2.32. The van der Waals surface area contributed by atoms with E-state index in [9.17, 15) is 18.3 Å². The molecule has 1 atom stereocenters. The lowest BCUT2D eigenvalue weighted by atomic mass is 9.96. The van der Waals surface area contributed by atoms with E-state index >= 15 is 0 Å². The van der Waals surface area contributed by atoms with Crippen molar-refractivity contribution in [1.29, 1.82) is 0 Å². The summed E-state index contributed by atoms with van der Waals surface area (Å²) in [5, 5.41) is 13.2. The van der Waals surface area contributed by atoms with E-state index in [4.69, 9.17) is 0 Å². The van der Waals surface area contributed by atoms with Crippen molar-refractivity contribution in [2.75, 3.05) is 29.7 Å². The van der Waals surface area contributed by atoms with Crippen LogP contribution in [0.2, 0.25) is 0 Å². The number of fused-ring (bicyclic) bond motifs is 1. The number of carbonyl (C=O) groups is 1. The summed E-state index contributed by atoms with van der Waals surface area (Å²) in [6.07, 6.45) is 9.14. The number of carboxylic acid groups (broad SMARTS) is 1. The first-order valence-corrected chi connectivity index (χ1v) is 14.3. The molecule has 1 aliphatic carbocycles. The number of hydrogen-bond donors (Lipinski definition) is 3. The van der Waals surface area contributed by atoms with Gasteiger partial charge in [-0.3, -0.25) is 4.72 Å². The maximum absolute atomic E-state index is 13.4. The number of nitrogens with zero attached hydrogens (tertiary/aromatic N) is 1. The maximum Gasteiger partial charge on any atom is 0.338 e. The summed E-state index contributed by atoms with van der Waals surface area (Å²) >= 11 is 0. The van der Waals surface area contributed by atoms with Gasteiger partial charge in [0.05, 0.1) is 16.9 Å². The number of hydrogen-bond acceptors (Lipinski definition) is 5. The van der Waals surface area contributed by atoms with Crippen molar-refractivity contribution in [2.24, 2.45) is 0 Å². The van der Waals surface area contributed by atoms with Crippen molar-refractivity contribution >= 4 is 27.4 Å². The molecule has 0 amide bonds. The van der Waals surface area contributed by atoms with Crippen LogP contribution in [0.15, 0.2) is 41.3 Å². The molecule has 4 rings (SSSR count). The van der Waals surface area contributed by atoms with Crippen molar-refractivity contribution in [3.8, 4) is 0 Å². The van der Waals surface area contributed by atoms with Crippen molar-refractivity contribution < 1.29 is 18.3 Å². The Balaban J connectivity index is 1.50. The molecule has 2 aromatic carbocycles. The van der Waals surface area contributed by atoms with Gasteiger partial charge in [-0.1, -0.05) is 31.0 Å². The quantitative estimate of drug-likeness (QED) is 0.327. The molecule has 0 aromatic heterocycles. The zero-order valence-corrected chi connectivity index (χ0v) is 21.4. The second kappa shape index (κ2) is 11.4. The number of likely N-dealkylation sites (tertiary alicyclic amines) is 1. The predicted molar refractivity (Wildman–Crippen MR) is 140 cm³/mol. The first kappa shape index (κ1) is 25.5. The second-order valence-corrected chi connectivity index (χ2v) is 11.4. The van der Waals surface area contributed by atoms with E-state index in [-0.39, 0.29) is 16.1 Å². The largest absolute Gasteiger partial charge is 0.478 e. The molecular formula is C27H37N3O4S. The first-order valence-electron chi connectivity index (χ1n) is 12.8. The molecule has 190 valence electrons. The fourth-order valence-corrected chi connectivity index (χ4v) is 6.63. The van der Waals surface area contributed by atoms with Gasteiger partial charge in [0.25, 0.3) is 10.0 Å². The number of rotatable bonds is 9. The zero-order chi connectivity index (χ0) is 24.8.